The summed E-state index contributed by atoms with van der Waals surface area (Å²) in [6.07, 6.45) is 3.53. The maximum Gasteiger partial charge on any atom is 0.237 e. The van der Waals surface area contributed by atoms with E-state index in [9.17, 15) is 4.79 Å². The molecule has 2 aromatic carbocycles. The lowest BCUT2D eigenvalue weighted by Gasteiger charge is -2.31. The lowest BCUT2D eigenvalue weighted by Crippen LogP contribution is -2.37. The van der Waals surface area contributed by atoms with Crippen LogP contribution >= 0.6 is 23.4 Å². The van der Waals surface area contributed by atoms with Gasteiger partial charge in [-0.3, -0.25) is 9.36 Å². The van der Waals surface area contributed by atoms with Gasteiger partial charge in [0.25, 0.3) is 0 Å². The van der Waals surface area contributed by atoms with E-state index in [4.69, 9.17) is 16.3 Å². The van der Waals surface area contributed by atoms with Crippen LogP contribution in [0, 0.1) is 6.92 Å². The lowest BCUT2D eigenvalue weighted by atomic mass is 9.98. The van der Waals surface area contributed by atoms with Gasteiger partial charge in [0.15, 0.2) is 5.16 Å². The number of anilines is 1. The highest BCUT2D eigenvalue weighted by atomic mass is 35.5. The normalized spacial score (nSPS) is 13.3. The minimum absolute atomic E-state index is 0.0608. The molecule has 0 unspecified atom stereocenters. The molecule has 150 valence electrons. The van der Waals surface area contributed by atoms with Crippen molar-refractivity contribution >= 4 is 35.0 Å². The average Bonchev–Trinajstić information content (AvgIpc) is 3.20. The van der Waals surface area contributed by atoms with Crippen LogP contribution in [0.2, 0.25) is 5.02 Å². The third kappa shape index (κ3) is 4.11. The summed E-state index contributed by atoms with van der Waals surface area (Å²) in [7, 11) is 1.63. The van der Waals surface area contributed by atoms with E-state index in [1.54, 1.807) is 13.4 Å². The predicted molar refractivity (Wildman–Crippen MR) is 115 cm³/mol. The molecule has 3 aromatic rings. The standard InChI is InChI=1S/C21H21ClN4O2S/c1-14-10-16(22)11-15-4-3-9-25(20(14)15)19(27)12-29-21-24-23-13-26(21)17-5-7-18(28-2)8-6-17/h5-8,10-11,13H,3-4,9,12H2,1-2H3. The largest absolute Gasteiger partial charge is 0.497 e. The number of aryl methyl sites for hydroxylation is 2. The van der Waals surface area contributed by atoms with E-state index in [0.29, 0.717) is 5.16 Å². The van der Waals surface area contributed by atoms with E-state index >= 15 is 0 Å². The number of fused-ring (bicyclic) bond motifs is 1. The predicted octanol–water partition coefficient (Wildman–Crippen LogP) is 4.31. The number of thioether (sulfide) groups is 1. The summed E-state index contributed by atoms with van der Waals surface area (Å²) < 4.78 is 7.07. The third-order valence-electron chi connectivity index (χ3n) is 4.93. The van der Waals surface area contributed by atoms with Crippen molar-refractivity contribution < 1.29 is 9.53 Å². The first-order chi connectivity index (χ1) is 14.1. The van der Waals surface area contributed by atoms with Crippen LogP contribution in [0.25, 0.3) is 5.69 Å². The highest BCUT2D eigenvalue weighted by Crippen LogP contribution is 2.34. The van der Waals surface area contributed by atoms with Gasteiger partial charge in [0, 0.05) is 22.9 Å². The molecule has 0 spiro atoms. The smallest absolute Gasteiger partial charge is 0.237 e. The number of carbonyl (C=O) groups excluding carboxylic acids is 1. The van der Waals surface area contributed by atoms with Crippen LogP contribution in [0.1, 0.15) is 17.5 Å². The van der Waals surface area contributed by atoms with Gasteiger partial charge in [-0.15, -0.1) is 10.2 Å². The van der Waals surface area contributed by atoms with Crippen molar-refractivity contribution in [2.45, 2.75) is 24.9 Å². The molecule has 4 rings (SSSR count). The summed E-state index contributed by atoms with van der Waals surface area (Å²) in [5.41, 5.74) is 4.09. The molecule has 1 amide bonds. The van der Waals surface area contributed by atoms with E-state index in [2.05, 4.69) is 10.2 Å². The summed E-state index contributed by atoms with van der Waals surface area (Å²) in [4.78, 5) is 14.9. The fraction of sp³-hybridized carbons (Fsp3) is 0.286. The van der Waals surface area contributed by atoms with E-state index in [0.717, 1.165) is 52.7 Å². The fourth-order valence-corrected chi connectivity index (χ4v) is 4.72. The molecule has 0 radical (unpaired) electrons. The Labute approximate surface area is 178 Å². The van der Waals surface area contributed by atoms with Crippen molar-refractivity contribution in [3.63, 3.8) is 0 Å². The van der Waals surface area contributed by atoms with Gasteiger partial charge in [0.05, 0.1) is 12.9 Å². The van der Waals surface area contributed by atoms with Gasteiger partial charge >= 0.3 is 0 Å². The first kappa shape index (κ1) is 19.8. The Morgan fingerprint density at radius 3 is 2.83 bits per heavy atom. The van der Waals surface area contributed by atoms with Gasteiger partial charge in [-0.25, -0.2) is 0 Å². The van der Waals surface area contributed by atoms with Crippen LogP contribution in [-0.4, -0.2) is 40.1 Å². The number of hydrogen-bond donors (Lipinski definition) is 0. The Kier molecular flexibility index (Phi) is 5.78. The molecular weight excluding hydrogens is 408 g/mol. The van der Waals surface area contributed by atoms with Crippen molar-refractivity contribution in [1.82, 2.24) is 14.8 Å². The van der Waals surface area contributed by atoms with E-state index in [1.807, 2.05) is 52.8 Å². The van der Waals surface area contributed by atoms with Crippen molar-refractivity contribution in [3.05, 3.63) is 58.9 Å². The molecular formula is C21H21ClN4O2S. The number of carbonyl (C=O) groups is 1. The Hall–Kier alpha value is -2.51. The van der Waals surface area contributed by atoms with Crippen LogP contribution in [0.4, 0.5) is 5.69 Å². The second-order valence-corrected chi connectivity index (χ2v) is 8.23. The Balaban J connectivity index is 1.50. The summed E-state index contributed by atoms with van der Waals surface area (Å²) in [5, 5.41) is 9.59. The minimum Gasteiger partial charge on any atom is -0.497 e. The monoisotopic (exact) mass is 428 g/mol. The highest BCUT2D eigenvalue weighted by molar-refractivity contribution is 7.99. The Bertz CT molecular complexity index is 1040. The molecule has 0 aliphatic carbocycles. The molecule has 0 atom stereocenters. The van der Waals surface area contributed by atoms with Crippen LogP contribution in [-0.2, 0) is 11.2 Å². The number of methoxy groups -OCH3 is 1. The molecule has 1 aromatic heterocycles. The van der Waals surface area contributed by atoms with Gasteiger partial charge in [0.1, 0.15) is 12.1 Å². The van der Waals surface area contributed by atoms with Gasteiger partial charge in [-0.2, -0.15) is 0 Å². The molecule has 0 saturated carbocycles. The number of benzene rings is 2. The molecule has 1 aliphatic rings. The maximum atomic E-state index is 13.0. The zero-order valence-corrected chi connectivity index (χ0v) is 17.8. The zero-order chi connectivity index (χ0) is 20.4. The topological polar surface area (TPSA) is 60.2 Å². The van der Waals surface area contributed by atoms with Crippen LogP contribution < -0.4 is 9.64 Å². The van der Waals surface area contributed by atoms with E-state index in [-0.39, 0.29) is 11.7 Å². The first-order valence-electron chi connectivity index (χ1n) is 9.33. The van der Waals surface area contributed by atoms with Gasteiger partial charge in [-0.05, 0) is 67.3 Å². The number of nitrogens with zero attached hydrogens (tertiary/aromatic N) is 4. The zero-order valence-electron chi connectivity index (χ0n) is 16.3. The van der Waals surface area contributed by atoms with Crippen LogP contribution in [0.3, 0.4) is 0 Å². The molecule has 1 aliphatic heterocycles. The average molecular weight is 429 g/mol. The van der Waals surface area contributed by atoms with Gasteiger partial charge in [-0.1, -0.05) is 23.4 Å². The van der Waals surface area contributed by atoms with E-state index in [1.165, 1.54) is 11.8 Å². The van der Waals surface area contributed by atoms with Gasteiger partial charge < -0.3 is 9.64 Å². The Morgan fingerprint density at radius 1 is 1.28 bits per heavy atom. The Morgan fingerprint density at radius 2 is 2.07 bits per heavy atom. The number of halogens is 1. The van der Waals surface area contributed by atoms with Crippen molar-refractivity contribution in [2.24, 2.45) is 0 Å². The lowest BCUT2D eigenvalue weighted by molar-refractivity contribution is -0.116. The number of rotatable bonds is 5. The summed E-state index contributed by atoms with van der Waals surface area (Å²) >= 11 is 7.58. The SMILES string of the molecule is COc1ccc(-n2cnnc2SCC(=O)N2CCCc3cc(Cl)cc(C)c32)cc1. The number of ether oxygens (including phenoxy) is 1. The van der Waals surface area contributed by atoms with E-state index < -0.39 is 0 Å². The van der Waals surface area contributed by atoms with Crippen LogP contribution in [0.5, 0.6) is 5.75 Å². The second kappa shape index (κ2) is 8.47. The molecule has 6 nitrogen and oxygen atoms in total. The molecule has 2 heterocycles. The molecule has 0 saturated heterocycles. The van der Waals surface area contributed by atoms with Crippen molar-refractivity contribution in [1.29, 1.82) is 0 Å². The molecule has 0 fully saturated rings. The first-order valence-corrected chi connectivity index (χ1v) is 10.7. The second-order valence-electron chi connectivity index (χ2n) is 6.85. The molecule has 0 N–H and O–H groups in total. The quantitative estimate of drug-likeness (QED) is 0.567. The molecule has 0 bridgehead atoms. The fourth-order valence-electron chi connectivity index (χ4n) is 3.62. The van der Waals surface area contributed by atoms with Crippen molar-refractivity contribution in [2.75, 3.05) is 24.3 Å². The summed E-state index contributed by atoms with van der Waals surface area (Å²) in [6.45, 7) is 2.73. The highest BCUT2D eigenvalue weighted by Gasteiger charge is 2.25. The number of aromatic nitrogens is 3. The number of amides is 1. The molecule has 8 heteroatoms. The summed E-state index contributed by atoms with van der Waals surface area (Å²) in [5.74, 6) is 1.13. The van der Waals surface area contributed by atoms with Crippen LogP contribution in [0.15, 0.2) is 47.9 Å². The number of hydrogen-bond acceptors (Lipinski definition) is 5. The summed E-state index contributed by atoms with van der Waals surface area (Å²) in [6, 6.07) is 11.5. The third-order valence-corrected chi connectivity index (χ3v) is 6.08. The van der Waals surface area contributed by atoms with Gasteiger partial charge in [0.2, 0.25) is 5.91 Å². The molecule has 29 heavy (non-hydrogen) atoms. The van der Waals surface area contributed by atoms with Crippen molar-refractivity contribution in [3.8, 4) is 11.4 Å². The maximum absolute atomic E-state index is 13.0. The minimum atomic E-state index is 0.0608.